The van der Waals surface area contributed by atoms with Gasteiger partial charge in [-0.05, 0) is 38.8 Å². The molecule has 1 amide bonds. The summed E-state index contributed by atoms with van der Waals surface area (Å²) in [4.78, 5) is 16.9. The molecule has 5 nitrogen and oxygen atoms in total. The second-order valence-corrected chi connectivity index (χ2v) is 5.91. The molecule has 0 aromatic rings. The highest BCUT2D eigenvalue weighted by Crippen LogP contribution is 2.20. The minimum absolute atomic E-state index is 0.251. The summed E-state index contributed by atoms with van der Waals surface area (Å²) in [7, 11) is 1.68. The van der Waals surface area contributed by atoms with Crippen LogP contribution in [0.1, 0.15) is 32.1 Å². The van der Waals surface area contributed by atoms with Crippen LogP contribution in [0.5, 0.6) is 0 Å². The summed E-state index contributed by atoms with van der Waals surface area (Å²) >= 11 is 0. The van der Waals surface area contributed by atoms with Crippen LogP contribution in [0, 0.1) is 0 Å². The van der Waals surface area contributed by atoms with Gasteiger partial charge in [-0.1, -0.05) is 6.42 Å². The number of nitrogens with zero attached hydrogens (tertiary/aromatic N) is 2. The highest BCUT2D eigenvalue weighted by Gasteiger charge is 2.29. The van der Waals surface area contributed by atoms with Crippen molar-refractivity contribution in [1.82, 2.24) is 15.1 Å². The summed E-state index contributed by atoms with van der Waals surface area (Å²) in [5.41, 5.74) is 0. The quantitative estimate of drug-likeness (QED) is 0.699. The average Bonchev–Trinajstić information content (AvgIpc) is 2.93. The third-order valence-electron chi connectivity index (χ3n) is 4.37. The van der Waals surface area contributed by atoms with Crippen LogP contribution in [-0.2, 0) is 9.53 Å². The van der Waals surface area contributed by atoms with E-state index in [1.54, 1.807) is 7.11 Å². The van der Waals surface area contributed by atoms with E-state index < -0.39 is 0 Å². The van der Waals surface area contributed by atoms with Gasteiger partial charge in [0.05, 0.1) is 13.2 Å². The van der Waals surface area contributed by atoms with E-state index in [1.165, 1.54) is 38.8 Å². The van der Waals surface area contributed by atoms with E-state index in [2.05, 4.69) is 15.1 Å². The van der Waals surface area contributed by atoms with Gasteiger partial charge in [-0.3, -0.25) is 4.79 Å². The van der Waals surface area contributed by atoms with Crippen molar-refractivity contribution in [1.29, 1.82) is 0 Å². The van der Waals surface area contributed by atoms with E-state index in [1.807, 2.05) is 0 Å². The van der Waals surface area contributed by atoms with Crippen molar-refractivity contribution in [3.63, 3.8) is 0 Å². The monoisotopic (exact) mass is 283 g/mol. The first-order valence-corrected chi connectivity index (χ1v) is 8.02. The Kier molecular flexibility index (Phi) is 6.76. The van der Waals surface area contributed by atoms with E-state index in [-0.39, 0.29) is 5.91 Å². The Morgan fingerprint density at radius 1 is 1.20 bits per heavy atom. The summed E-state index contributed by atoms with van der Waals surface area (Å²) < 4.78 is 4.98. The number of carbonyl (C=O) groups is 1. The molecule has 2 heterocycles. The molecule has 0 saturated carbocycles. The maximum absolute atomic E-state index is 12.3. The topological polar surface area (TPSA) is 44.8 Å². The second-order valence-electron chi connectivity index (χ2n) is 5.91. The zero-order valence-electron chi connectivity index (χ0n) is 12.8. The van der Waals surface area contributed by atoms with E-state index in [9.17, 15) is 4.79 Å². The van der Waals surface area contributed by atoms with Gasteiger partial charge < -0.3 is 19.9 Å². The predicted molar refractivity (Wildman–Crippen MR) is 79.8 cm³/mol. The fourth-order valence-electron chi connectivity index (χ4n) is 3.26. The lowest BCUT2D eigenvalue weighted by Gasteiger charge is -2.33. The Morgan fingerprint density at radius 3 is 2.75 bits per heavy atom. The largest absolute Gasteiger partial charge is 0.383 e. The molecule has 0 spiro atoms. The third kappa shape index (κ3) is 4.72. The number of carbonyl (C=O) groups excluding carboxylic acids is 1. The van der Waals surface area contributed by atoms with Gasteiger partial charge in [0.25, 0.3) is 0 Å². The molecule has 20 heavy (non-hydrogen) atoms. The van der Waals surface area contributed by atoms with Crippen molar-refractivity contribution in [2.45, 2.75) is 38.1 Å². The summed E-state index contributed by atoms with van der Waals surface area (Å²) in [6, 6.07) is 0.435. The minimum Gasteiger partial charge on any atom is -0.383 e. The molecule has 0 bridgehead atoms. The lowest BCUT2D eigenvalue weighted by atomic mass is 10.1. The maximum Gasteiger partial charge on any atom is 0.236 e. The smallest absolute Gasteiger partial charge is 0.236 e. The number of rotatable bonds is 7. The molecule has 0 radical (unpaired) electrons. The molecular weight excluding hydrogens is 254 g/mol. The molecule has 0 aromatic heterocycles. The van der Waals surface area contributed by atoms with Crippen molar-refractivity contribution in [3.05, 3.63) is 0 Å². The van der Waals surface area contributed by atoms with Gasteiger partial charge >= 0.3 is 0 Å². The highest BCUT2D eigenvalue weighted by molar-refractivity contribution is 5.78. The molecule has 116 valence electrons. The van der Waals surface area contributed by atoms with E-state index >= 15 is 0 Å². The zero-order valence-corrected chi connectivity index (χ0v) is 12.8. The van der Waals surface area contributed by atoms with Crippen LogP contribution in [-0.4, -0.2) is 74.7 Å². The van der Waals surface area contributed by atoms with E-state index in [4.69, 9.17) is 4.74 Å². The molecule has 2 rings (SSSR count). The Morgan fingerprint density at radius 2 is 2.00 bits per heavy atom. The average molecular weight is 283 g/mol. The number of ether oxygens (including phenoxy) is 1. The number of hydrogen-bond acceptors (Lipinski definition) is 4. The number of methoxy groups -OCH3 is 1. The first-order valence-electron chi connectivity index (χ1n) is 8.02. The van der Waals surface area contributed by atoms with E-state index in [0.717, 1.165) is 26.1 Å². The number of piperidine rings is 1. The summed E-state index contributed by atoms with van der Waals surface area (Å²) in [5.74, 6) is 0.251. The Balaban J connectivity index is 1.72. The SMILES string of the molecule is COCCNCC(=O)N1CCCC1CN1CCCCC1. The van der Waals surface area contributed by atoms with Crippen molar-refractivity contribution < 1.29 is 9.53 Å². The second kappa shape index (κ2) is 8.60. The van der Waals surface area contributed by atoms with Gasteiger partial charge in [0, 0.05) is 32.8 Å². The Bertz CT molecular complexity index is 293. The van der Waals surface area contributed by atoms with Gasteiger partial charge in [0.2, 0.25) is 5.91 Å². The standard InChI is InChI=1S/C15H29N3O2/c1-20-11-7-16-12-15(19)18-10-5-6-14(18)13-17-8-3-2-4-9-17/h14,16H,2-13H2,1H3. The molecule has 1 atom stereocenters. The number of amides is 1. The van der Waals surface area contributed by atoms with Gasteiger partial charge in [-0.25, -0.2) is 0 Å². The Labute approximate surface area is 122 Å². The molecule has 2 fully saturated rings. The third-order valence-corrected chi connectivity index (χ3v) is 4.37. The number of hydrogen-bond donors (Lipinski definition) is 1. The molecule has 2 aliphatic heterocycles. The number of likely N-dealkylation sites (tertiary alicyclic amines) is 2. The molecule has 0 aromatic carbocycles. The lowest BCUT2D eigenvalue weighted by Crippen LogP contribution is -2.47. The van der Waals surface area contributed by atoms with Crippen molar-refractivity contribution >= 4 is 5.91 Å². The van der Waals surface area contributed by atoms with Crippen molar-refractivity contribution in [2.24, 2.45) is 0 Å². The Hall–Kier alpha value is -0.650. The first kappa shape index (κ1) is 15.7. The van der Waals surface area contributed by atoms with Crippen LogP contribution in [0.3, 0.4) is 0 Å². The molecule has 0 aliphatic carbocycles. The molecule has 5 heteroatoms. The maximum atomic E-state index is 12.3. The lowest BCUT2D eigenvalue weighted by molar-refractivity contribution is -0.131. The molecule has 2 aliphatic rings. The van der Waals surface area contributed by atoms with Gasteiger partial charge in [-0.2, -0.15) is 0 Å². The van der Waals surface area contributed by atoms with Crippen LogP contribution >= 0.6 is 0 Å². The number of nitrogens with one attached hydrogen (secondary N) is 1. The normalized spacial score (nSPS) is 24.2. The highest BCUT2D eigenvalue weighted by atomic mass is 16.5. The minimum atomic E-state index is 0.251. The predicted octanol–water partition coefficient (Wildman–Crippen LogP) is 0.699. The van der Waals surface area contributed by atoms with Gasteiger partial charge in [-0.15, -0.1) is 0 Å². The van der Waals surface area contributed by atoms with Crippen molar-refractivity contribution in [2.75, 3.05) is 53.0 Å². The van der Waals surface area contributed by atoms with Crippen LogP contribution in [0.2, 0.25) is 0 Å². The summed E-state index contributed by atoms with van der Waals surface area (Å²) in [6.45, 7) is 6.28. The molecule has 1 N–H and O–H groups in total. The fraction of sp³-hybridized carbons (Fsp3) is 0.933. The summed E-state index contributed by atoms with van der Waals surface area (Å²) in [5, 5.41) is 3.16. The van der Waals surface area contributed by atoms with Crippen molar-refractivity contribution in [3.8, 4) is 0 Å². The summed E-state index contributed by atoms with van der Waals surface area (Å²) in [6.07, 6.45) is 6.33. The first-order chi connectivity index (χ1) is 9.81. The van der Waals surface area contributed by atoms with Crippen LogP contribution in [0.4, 0.5) is 0 Å². The molecule has 2 saturated heterocycles. The van der Waals surface area contributed by atoms with Crippen LogP contribution < -0.4 is 5.32 Å². The van der Waals surface area contributed by atoms with Gasteiger partial charge in [0.1, 0.15) is 0 Å². The van der Waals surface area contributed by atoms with Crippen LogP contribution in [0.15, 0.2) is 0 Å². The zero-order chi connectivity index (χ0) is 14.2. The van der Waals surface area contributed by atoms with Crippen LogP contribution in [0.25, 0.3) is 0 Å². The van der Waals surface area contributed by atoms with E-state index in [0.29, 0.717) is 19.2 Å². The molecule has 1 unspecified atom stereocenters. The molecular formula is C15H29N3O2. The van der Waals surface area contributed by atoms with Gasteiger partial charge in [0.15, 0.2) is 0 Å². The fourth-order valence-corrected chi connectivity index (χ4v) is 3.26.